The van der Waals surface area contributed by atoms with E-state index in [0.717, 1.165) is 16.3 Å². The fourth-order valence-electron chi connectivity index (χ4n) is 1.61. The van der Waals surface area contributed by atoms with Crippen LogP contribution in [0.1, 0.15) is 5.56 Å². The second-order valence-electron chi connectivity index (χ2n) is 3.21. The van der Waals surface area contributed by atoms with Crippen molar-refractivity contribution in [3.63, 3.8) is 0 Å². The van der Waals surface area contributed by atoms with Gasteiger partial charge in [0.2, 0.25) is 0 Å². The van der Waals surface area contributed by atoms with Crippen molar-refractivity contribution in [2.45, 2.75) is 6.42 Å². The van der Waals surface area contributed by atoms with Crippen molar-refractivity contribution in [3.8, 4) is 0 Å². The van der Waals surface area contributed by atoms with Crippen LogP contribution in [-0.2, 0) is 11.2 Å². The van der Waals surface area contributed by atoms with Gasteiger partial charge in [0, 0.05) is 0 Å². The number of carboxylic acid groups (broad SMARTS) is 1. The normalized spacial score (nSPS) is 9.60. The van der Waals surface area contributed by atoms with E-state index in [9.17, 15) is 4.79 Å². The van der Waals surface area contributed by atoms with E-state index >= 15 is 0 Å². The summed E-state index contributed by atoms with van der Waals surface area (Å²) in [5.74, 6) is -0.790. The number of hydrogen-bond acceptors (Lipinski definition) is 1. The van der Waals surface area contributed by atoms with Gasteiger partial charge in [0.1, 0.15) is 0 Å². The van der Waals surface area contributed by atoms with Crippen LogP contribution in [-0.4, -0.2) is 40.6 Å². The summed E-state index contributed by atoms with van der Waals surface area (Å²) in [5, 5.41) is 10.8. The zero-order chi connectivity index (χ0) is 9.97. The van der Waals surface area contributed by atoms with Crippen molar-refractivity contribution in [1.29, 1.82) is 0 Å². The molecular formula is C12H11NaO2. The molecule has 15 heavy (non-hydrogen) atoms. The van der Waals surface area contributed by atoms with Gasteiger partial charge in [-0.15, -0.1) is 0 Å². The predicted octanol–water partition coefficient (Wildman–Crippen LogP) is 1.82. The van der Waals surface area contributed by atoms with Crippen LogP contribution in [0.25, 0.3) is 10.8 Å². The summed E-state index contributed by atoms with van der Waals surface area (Å²) in [6.07, 6.45) is 0.0847. The van der Waals surface area contributed by atoms with Crippen LogP contribution >= 0.6 is 0 Å². The maximum atomic E-state index is 10.6. The number of carbonyl (C=O) groups is 1. The third kappa shape index (κ3) is 2.81. The average Bonchev–Trinajstić information content (AvgIpc) is 2.18. The summed E-state index contributed by atoms with van der Waals surface area (Å²) in [6, 6.07) is 13.5. The predicted molar refractivity (Wildman–Crippen MR) is 62.4 cm³/mol. The van der Waals surface area contributed by atoms with Crippen molar-refractivity contribution in [2.24, 2.45) is 0 Å². The average molecular weight is 210 g/mol. The van der Waals surface area contributed by atoms with E-state index in [-0.39, 0.29) is 36.0 Å². The Morgan fingerprint density at radius 3 is 2.47 bits per heavy atom. The molecule has 0 aliphatic carbocycles. The molecule has 0 unspecified atom stereocenters. The molecule has 0 fully saturated rings. The summed E-state index contributed by atoms with van der Waals surface area (Å²) in [5.41, 5.74) is 0.871. The summed E-state index contributed by atoms with van der Waals surface area (Å²) in [7, 11) is 0. The Balaban J connectivity index is 0.00000112. The molecule has 2 aromatic rings. The van der Waals surface area contributed by atoms with Gasteiger partial charge < -0.3 is 5.11 Å². The molecule has 0 radical (unpaired) electrons. The third-order valence-electron chi connectivity index (χ3n) is 2.22. The third-order valence-corrected chi connectivity index (χ3v) is 2.22. The molecule has 0 heterocycles. The summed E-state index contributed by atoms with van der Waals surface area (Å²) < 4.78 is 0. The Kier molecular flexibility index (Phi) is 4.33. The second kappa shape index (κ2) is 5.31. The molecule has 0 saturated heterocycles. The standard InChI is InChI=1S/C12H10O2.Na.H/c13-12(14)8-10-6-3-5-9-4-1-2-7-11(9)10;;/h1-7H,8H2,(H,13,14);;. The van der Waals surface area contributed by atoms with Crippen molar-refractivity contribution in [2.75, 3.05) is 0 Å². The number of fused-ring (bicyclic) bond motifs is 1. The van der Waals surface area contributed by atoms with Crippen LogP contribution in [0.4, 0.5) is 0 Å². The van der Waals surface area contributed by atoms with Gasteiger partial charge >= 0.3 is 35.5 Å². The molecule has 2 rings (SSSR count). The monoisotopic (exact) mass is 210 g/mol. The summed E-state index contributed by atoms with van der Waals surface area (Å²) in [6.45, 7) is 0. The van der Waals surface area contributed by atoms with E-state index in [1.54, 1.807) is 0 Å². The first-order chi connectivity index (χ1) is 6.77. The van der Waals surface area contributed by atoms with Crippen LogP contribution < -0.4 is 0 Å². The first kappa shape index (κ1) is 12.2. The van der Waals surface area contributed by atoms with Gasteiger partial charge in [-0.3, -0.25) is 4.79 Å². The van der Waals surface area contributed by atoms with E-state index in [4.69, 9.17) is 5.11 Å². The van der Waals surface area contributed by atoms with Gasteiger partial charge in [-0.2, -0.15) is 0 Å². The second-order valence-corrected chi connectivity index (χ2v) is 3.21. The Bertz CT molecular complexity index is 475. The van der Waals surface area contributed by atoms with Crippen LogP contribution in [0.5, 0.6) is 0 Å². The molecule has 0 amide bonds. The zero-order valence-corrected chi connectivity index (χ0v) is 7.60. The number of aliphatic carboxylic acids is 1. The van der Waals surface area contributed by atoms with Gasteiger partial charge in [0.25, 0.3) is 0 Å². The molecule has 2 aromatic carbocycles. The molecule has 1 N–H and O–H groups in total. The Hall–Kier alpha value is -0.830. The molecule has 0 atom stereocenters. The first-order valence-corrected chi connectivity index (χ1v) is 4.46. The number of hydrogen-bond donors (Lipinski definition) is 1. The van der Waals surface area contributed by atoms with Crippen molar-refractivity contribution >= 4 is 46.3 Å². The molecular weight excluding hydrogens is 199 g/mol. The minimum atomic E-state index is -0.790. The maximum absolute atomic E-state index is 10.6. The van der Waals surface area contributed by atoms with Crippen LogP contribution in [0, 0.1) is 0 Å². The molecule has 3 heteroatoms. The van der Waals surface area contributed by atoms with E-state index in [1.165, 1.54) is 0 Å². The molecule has 72 valence electrons. The number of benzene rings is 2. The number of rotatable bonds is 2. The molecule has 2 nitrogen and oxygen atoms in total. The quantitative estimate of drug-likeness (QED) is 0.767. The van der Waals surface area contributed by atoms with E-state index < -0.39 is 5.97 Å². The molecule has 0 aromatic heterocycles. The van der Waals surface area contributed by atoms with Crippen LogP contribution in [0.3, 0.4) is 0 Å². The Labute approximate surface area is 110 Å². The van der Waals surface area contributed by atoms with E-state index in [2.05, 4.69) is 0 Å². The van der Waals surface area contributed by atoms with Gasteiger partial charge in [-0.1, -0.05) is 42.5 Å². The molecule has 0 spiro atoms. The van der Waals surface area contributed by atoms with Crippen molar-refractivity contribution < 1.29 is 9.90 Å². The molecule has 0 aliphatic rings. The van der Waals surface area contributed by atoms with Crippen molar-refractivity contribution in [1.82, 2.24) is 0 Å². The zero-order valence-electron chi connectivity index (χ0n) is 7.60. The van der Waals surface area contributed by atoms with E-state index in [0.29, 0.717) is 0 Å². The first-order valence-electron chi connectivity index (χ1n) is 4.46. The van der Waals surface area contributed by atoms with Crippen LogP contribution in [0.15, 0.2) is 42.5 Å². The van der Waals surface area contributed by atoms with Gasteiger partial charge in [0.05, 0.1) is 6.42 Å². The minimum absolute atomic E-state index is 0. The van der Waals surface area contributed by atoms with Gasteiger partial charge in [0.15, 0.2) is 0 Å². The summed E-state index contributed by atoms with van der Waals surface area (Å²) in [4.78, 5) is 10.6. The summed E-state index contributed by atoms with van der Waals surface area (Å²) >= 11 is 0. The Morgan fingerprint density at radius 1 is 1.07 bits per heavy atom. The number of carboxylic acids is 1. The van der Waals surface area contributed by atoms with Crippen LogP contribution in [0.2, 0.25) is 0 Å². The van der Waals surface area contributed by atoms with Crippen molar-refractivity contribution in [3.05, 3.63) is 48.0 Å². The SMILES string of the molecule is O=C(O)Cc1cccc2ccccc12.[NaH]. The fourth-order valence-corrected chi connectivity index (χ4v) is 1.61. The fraction of sp³-hybridized carbons (Fsp3) is 0.0833. The Morgan fingerprint density at radius 2 is 1.73 bits per heavy atom. The molecule has 0 saturated carbocycles. The van der Waals surface area contributed by atoms with Gasteiger partial charge in [-0.05, 0) is 16.3 Å². The topological polar surface area (TPSA) is 37.3 Å². The van der Waals surface area contributed by atoms with Gasteiger partial charge in [-0.25, -0.2) is 0 Å². The molecule has 0 bridgehead atoms. The van der Waals surface area contributed by atoms with E-state index in [1.807, 2.05) is 42.5 Å². The molecule has 0 aliphatic heterocycles.